The number of hydrogen-bond acceptors (Lipinski definition) is 3. The van der Waals surface area contributed by atoms with E-state index in [1.807, 2.05) is 18.2 Å². The quantitative estimate of drug-likeness (QED) is 0.907. The Hall–Kier alpha value is -0.610. The van der Waals surface area contributed by atoms with Gasteiger partial charge in [-0.2, -0.15) is 0 Å². The second kappa shape index (κ2) is 6.53. The van der Waals surface area contributed by atoms with Crippen molar-refractivity contribution in [1.29, 1.82) is 0 Å². The van der Waals surface area contributed by atoms with Crippen LogP contribution < -0.4 is 5.32 Å². The molecule has 100 valence electrons. The molecule has 3 nitrogen and oxygen atoms in total. The van der Waals surface area contributed by atoms with Gasteiger partial charge in [0.05, 0.1) is 12.7 Å². The average Bonchev–Trinajstić information content (AvgIpc) is 2.37. The number of morpholine rings is 1. The zero-order valence-electron chi connectivity index (χ0n) is 11.0. The molecule has 0 aliphatic carbocycles. The van der Waals surface area contributed by atoms with Gasteiger partial charge in [-0.15, -0.1) is 0 Å². The van der Waals surface area contributed by atoms with Crippen molar-refractivity contribution in [3.63, 3.8) is 0 Å². The Kier molecular flexibility index (Phi) is 5.01. The molecule has 1 N–H and O–H groups in total. The lowest BCUT2D eigenvalue weighted by atomic mass is 10.1. The zero-order chi connectivity index (χ0) is 13.0. The first-order chi connectivity index (χ1) is 8.66. The van der Waals surface area contributed by atoms with Crippen LogP contribution >= 0.6 is 11.6 Å². The highest BCUT2D eigenvalue weighted by Gasteiger charge is 2.18. The highest BCUT2D eigenvalue weighted by atomic mass is 35.5. The number of halogens is 1. The molecule has 0 amide bonds. The van der Waals surface area contributed by atoms with Gasteiger partial charge in [-0.1, -0.05) is 29.8 Å². The molecule has 0 bridgehead atoms. The van der Waals surface area contributed by atoms with Crippen molar-refractivity contribution in [1.82, 2.24) is 10.2 Å². The lowest BCUT2D eigenvalue weighted by Gasteiger charge is -2.31. The molecule has 1 aliphatic heterocycles. The van der Waals surface area contributed by atoms with Crippen LogP contribution in [0, 0.1) is 0 Å². The Morgan fingerprint density at radius 3 is 3.00 bits per heavy atom. The van der Waals surface area contributed by atoms with Crippen molar-refractivity contribution in [3.8, 4) is 0 Å². The summed E-state index contributed by atoms with van der Waals surface area (Å²) < 4.78 is 5.73. The molecule has 4 heteroatoms. The van der Waals surface area contributed by atoms with Gasteiger partial charge in [-0.05, 0) is 25.6 Å². The highest BCUT2D eigenvalue weighted by molar-refractivity contribution is 6.31. The first kappa shape index (κ1) is 13.8. The molecule has 1 aromatic rings. The summed E-state index contributed by atoms with van der Waals surface area (Å²) in [6.07, 6.45) is 0.272. The van der Waals surface area contributed by atoms with E-state index in [4.69, 9.17) is 16.3 Å². The molecule has 0 radical (unpaired) electrons. The van der Waals surface area contributed by atoms with Gasteiger partial charge < -0.3 is 15.0 Å². The van der Waals surface area contributed by atoms with E-state index in [0.29, 0.717) is 0 Å². The lowest BCUT2D eigenvalue weighted by Crippen LogP contribution is -2.45. The summed E-state index contributed by atoms with van der Waals surface area (Å²) in [6, 6.07) is 8.21. The molecule has 1 fully saturated rings. The van der Waals surface area contributed by atoms with Crippen LogP contribution in [0.1, 0.15) is 18.5 Å². The van der Waals surface area contributed by atoms with E-state index in [-0.39, 0.29) is 12.1 Å². The largest absolute Gasteiger partial charge is 0.374 e. The first-order valence-electron chi connectivity index (χ1n) is 6.45. The smallest absolute Gasteiger partial charge is 0.0826 e. The van der Waals surface area contributed by atoms with Crippen LogP contribution in [0.4, 0.5) is 0 Å². The normalized spacial score (nSPS) is 22.9. The van der Waals surface area contributed by atoms with Crippen LogP contribution in [0.15, 0.2) is 24.3 Å². The first-order valence-corrected chi connectivity index (χ1v) is 6.82. The fourth-order valence-corrected chi connectivity index (χ4v) is 2.53. The Balaban J connectivity index is 1.84. The number of nitrogens with zero attached hydrogens (tertiary/aromatic N) is 1. The van der Waals surface area contributed by atoms with Gasteiger partial charge in [-0.3, -0.25) is 0 Å². The van der Waals surface area contributed by atoms with Crippen molar-refractivity contribution in [3.05, 3.63) is 34.9 Å². The van der Waals surface area contributed by atoms with Crippen molar-refractivity contribution >= 4 is 11.6 Å². The third-order valence-corrected chi connectivity index (χ3v) is 3.71. The zero-order valence-corrected chi connectivity index (χ0v) is 11.8. The molecule has 1 unspecified atom stereocenters. The highest BCUT2D eigenvalue weighted by Crippen LogP contribution is 2.22. The van der Waals surface area contributed by atoms with E-state index >= 15 is 0 Å². The molecular weight excluding hydrogens is 248 g/mol. The molecule has 0 saturated carbocycles. The Labute approximate surface area is 114 Å². The van der Waals surface area contributed by atoms with E-state index in [0.717, 1.165) is 36.8 Å². The van der Waals surface area contributed by atoms with Crippen molar-refractivity contribution in [2.75, 3.05) is 33.3 Å². The van der Waals surface area contributed by atoms with E-state index in [1.54, 1.807) is 0 Å². The molecule has 2 rings (SSSR count). The molecule has 1 heterocycles. The Morgan fingerprint density at radius 1 is 1.50 bits per heavy atom. The number of ether oxygens (including phenoxy) is 1. The third kappa shape index (κ3) is 3.69. The van der Waals surface area contributed by atoms with E-state index in [2.05, 4.69) is 30.3 Å². The van der Waals surface area contributed by atoms with Gasteiger partial charge in [0.1, 0.15) is 0 Å². The van der Waals surface area contributed by atoms with Gasteiger partial charge in [0.15, 0.2) is 0 Å². The monoisotopic (exact) mass is 268 g/mol. The number of nitrogens with one attached hydrogen (secondary N) is 1. The SMILES string of the molecule is C[C@H](NCC1CN(C)CCO1)c1ccccc1Cl. The minimum atomic E-state index is 0.245. The number of benzene rings is 1. The van der Waals surface area contributed by atoms with Crippen molar-refractivity contribution in [2.24, 2.45) is 0 Å². The number of rotatable bonds is 4. The molecule has 0 aromatic heterocycles. The number of likely N-dealkylation sites (N-methyl/N-ethyl adjacent to an activating group) is 1. The topological polar surface area (TPSA) is 24.5 Å². The molecular formula is C14H21ClN2O. The lowest BCUT2D eigenvalue weighted by molar-refractivity contribution is -0.0190. The van der Waals surface area contributed by atoms with Gasteiger partial charge in [-0.25, -0.2) is 0 Å². The van der Waals surface area contributed by atoms with Crippen LogP contribution in [0.25, 0.3) is 0 Å². The predicted octanol–water partition coefficient (Wildman–Crippen LogP) is 2.32. The molecule has 18 heavy (non-hydrogen) atoms. The standard InChI is InChI=1S/C14H21ClN2O/c1-11(13-5-3-4-6-14(13)15)16-9-12-10-17(2)7-8-18-12/h3-6,11-12,16H,7-10H2,1-2H3/t11-,12?/m0/s1. The van der Waals surface area contributed by atoms with Crippen molar-refractivity contribution in [2.45, 2.75) is 19.1 Å². The van der Waals surface area contributed by atoms with Crippen LogP contribution in [-0.2, 0) is 4.74 Å². The van der Waals surface area contributed by atoms with E-state index in [1.165, 1.54) is 0 Å². The van der Waals surface area contributed by atoms with Crippen molar-refractivity contribution < 1.29 is 4.74 Å². The predicted molar refractivity (Wildman–Crippen MR) is 75.1 cm³/mol. The maximum absolute atomic E-state index is 6.18. The summed E-state index contributed by atoms with van der Waals surface area (Å²) in [5, 5.41) is 4.31. The molecule has 0 spiro atoms. The molecule has 1 aromatic carbocycles. The fraction of sp³-hybridized carbons (Fsp3) is 0.571. The average molecular weight is 269 g/mol. The van der Waals surface area contributed by atoms with Crippen LogP contribution in [0.5, 0.6) is 0 Å². The maximum Gasteiger partial charge on any atom is 0.0826 e. The summed E-state index contributed by atoms with van der Waals surface area (Å²) in [5.41, 5.74) is 1.14. The number of hydrogen-bond donors (Lipinski definition) is 1. The molecule has 1 aliphatic rings. The second-order valence-electron chi connectivity index (χ2n) is 4.91. The van der Waals surface area contributed by atoms with Gasteiger partial charge in [0.25, 0.3) is 0 Å². The molecule has 1 saturated heterocycles. The van der Waals surface area contributed by atoms with Gasteiger partial charge >= 0.3 is 0 Å². The summed E-state index contributed by atoms with van der Waals surface area (Å²) in [6.45, 7) is 5.83. The summed E-state index contributed by atoms with van der Waals surface area (Å²) in [4.78, 5) is 2.30. The minimum Gasteiger partial charge on any atom is -0.374 e. The molecule has 2 atom stereocenters. The van der Waals surface area contributed by atoms with Gasteiger partial charge in [0, 0.05) is 30.7 Å². The van der Waals surface area contributed by atoms with E-state index < -0.39 is 0 Å². The summed E-state index contributed by atoms with van der Waals surface area (Å²) in [5.74, 6) is 0. The summed E-state index contributed by atoms with van der Waals surface area (Å²) >= 11 is 6.18. The Bertz CT molecular complexity index is 386. The fourth-order valence-electron chi connectivity index (χ4n) is 2.23. The maximum atomic E-state index is 6.18. The van der Waals surface area contributed by atoms with E-state index in [9.17, 15) is 0 Å². The van der Waals surface area contributed by atoms with Crippen LogP contribution in [0.3, 0.4) is 0 Å². The van der Waals surface area contributed by atoms with Crippen LogP contribution in [0.2, 0.25) is 5.02 Å². The van der Waals surface area contributed by atoms with Gasteiger partial charge in [0.2, 0.25) is 0 Å². The third-order valence-electron chi connectivity index (χ3n) is 3.37. The Morgan fingerprint density at radius 2 is 2.28 bits per heavy atom. The second-order valence-corrected chi connectivity index (χ2v) is 5.31. The minimum absolute atomic E-state index is 0.245. The summed E-state index contributed by atoms with van der Waals surface area (Å²) in [7, 11) is 2.13. The van der Waals surface area contributed by atoms with Crippen LogP contribution in [-0.4, -0.2) is 44.3 Å².